The van der Waals surface area contributed by atoms with E-state index in [1.807, 2.05) is 18.2 Å². The van der Waals surface area contributed by atoms with Gasteiger partial charge in [-0.15, -0.1) is 0 Å². The number of nitrogens with zero attached hydrogens (tertiary/aromatic N) is 1. The van der Waals surface area contributed by atoms with Gasteiger partial charge in [0.05, 0.1) is 7.11 Å². The summed E-state index contributed by atoms with van der Waals surface area (Å²) in [5.74, 6) is -0.0765. The van der Waals surface area contributed by atoms with E-state index in [0.717, 1.165) is 15.8 Å². The number of hydrogen-bond acceptors (Lipinski definition) is 3. The van der Waals surface area contributed by atoms with E-state index >= 15 is 0 Å². The maximum absolute atomic E-state index is 10.9. The molecule has 0 spiro atoms. The largest absolute Gasteiger partial charge is 0.496 e. The van der Waals surface area contributed by atoms with Crippen molar-refractivity contribution in [2.75, 3.05) is 14.2 Å². The van der Waals surface area contributed by atoms with Crippen LogP contribution in [0.3, 0.4) is 0 Å². The van der Waals surface area contributed by atoms with E-state index in [2.05, 4.69) is 15.9 Å². The van der Waals surface area contributed by atoms with E-state index in [9.17, 15) is 4.79 Å². The van der Waals surface area contributed by atoms with Gasteiger partial charge in [-0.05, 0) is 26.1 Å². The molecule has 1 aromatic rings. The summed E-state index contributed by atoms with van der Waals surface area (Å²) in [5, 5.41) is 8.92. The third-order valence-corrected chi connectivity index (χ3v) is 3.18. The Balaban J connectivity index is 2.84. The minimum absolute atomic E-state index is 0.525. The highest BCUT2D eigenvalue weighted by Crippen LogP contribution is 2.24. The summed E-state index contributed by atoms with van der Waals surface area (Å²) in [6.45, 7) is 2.19. The molecule has 0 bridgehead atoms. The number of hydrogen-bond donors (Lipinski definition) is 1. The summed E-state index contributed by atoms with van der Waals surface area (Å²) in [7, 11) is 3.38. The molecule has 0 heterocycles. The molecular weight excluding hydrogens is 286 g/mol. The highest BCUT2D eigenvalue weighted by Gasteiger charge is 2.18. The third kappa shape index (κ3) is 3.71. The van der Waals surface area contributed by atoms with Gasteiger partial charge < -0.3 is 9.84 Å². The molecule has 1 atom stereocenters. The molecular formula is C12H16BrNO3. The number of likely N-dealkylation sites (N-methyl/N-ethyl adjacent to an activating group) is 1. The van der Waals surface area contributed by atoms with Gasteiger partial charge in [-0.25, -0.2) is 0 Å². The van der Waals surface area contributed by atoms with E-state index in [4.69, 9.17) is 9.84 Å². The number of ether oxygens (including phenoxy) is 1. The minimum atomic E-state index is -0.830. The van der Waals surface area contributed by atoms with Crippen LogP contribution in [-0.2, 0) is 11.3 Å². The van der Waals surface area contributed by atoms with Crippen LogP contribution in [0.5, 0.6) is 5.75 Å². The number of aliphatic carboxylic acids is 1. The number of carboxylic acid groups (broad SMARTS) is 1. The number of benzene rings is 1. The molecule has 1 unspecified atom stereocenters. The van der Waals surface area contributed by atoms with Gasteiger partial charge in [-0.2, -0.15) is 0 Å². The van der Waals surface area contributed by atoms with Gasteiger partial charge >= 0.3 is 5.97 Å². The first-order valence-corrected chi connectivity index (χ1v) is 6.00. The van der Waals surface area contributed by atoms with Crippen LogP contribution in [0.15, 0.2) is 22.7 Å². The molecule has 1 aromatic carbocycles. The topological polar surface area (TPSA) is 49.8 Å². The minimum Gasteiger partial charge on any atom is -0.496 e. The molecule has 17 heavy (non-hydrogen) atoms. The van der Waals surface area contributed by atoms with E-state index < -0.39 is 12.0 Å². The Hall–Kier alpha value is -1.07. The smallest absolute Gasteiger partial charge is 0.320 e. The van der Waals surface area contributed by atoms with Crippen LogP contribution >= 0.6 is 15.9 Å². The second-order valence-electron chi connectivity index (χ2n) is 3.89. The third-order valence-electron chi connectivity index (χ3n) is 2.69. The first kappa shape index (κ1) is 14.0. The van der Waals surface area contributed by atoms with Gasteiger partial charge in [0.2, 0.25) is 0 Å². The highest BCUT2D eigenvalue weighted by molar-refractivity contribution is 9.10. The molecule has 1 N–H and O–H groups in total. The van der Waals surface area contributed by atoms with Crippen molar-refractivity contribution in [1.29, 1.82) is 0 Å². The molecule has 0 saturated carbocycles. The van der Waals surface area contributed by atoms with Crippen molar-refractivity contribution in [3.8, 4) is 5.75 Å². The van der Waals surface area contributed by atoms with Crippen molar-refractivity contribution in [1.82, 2.24) is 4.90 Å². The summed E-state index contributed by atoms with van der Waals surface area (Å²) in [5.41, 5.74) is 0.964. The average Bonchev–Trinajstić information content (AvgIpc) is 2.30. The SMILES string of the molecule is COc1cc(Br)ccc1CN(C)C(C)C(=O)O. The van der Waals surface area contributed by atoms with Gasteiger partial charge in [-0.3, -0.25) is 9.69 Å². The first-order valence-electron chi connectivity index (χ1n) is 5.21. The number of carboxylic acids is 1. The van der Waals surface area contributed by atoms with Crippen LogP contribution in [0.2, 0.25) is 0 Å². The molecule has 0 radical (unpaired) electrons. The van der Waals surface area contributed by atoms with Crippen molar-refractivity contribution >= 4 is 21.9 Å². The van der Waals surface area contributed by atoms with Crippen LogP contribution in [0, 0.1) is 0 Å². The lowest BCUT2D eigenvalue weighted by atomic mass is 10.1. The highest BCUT2D eigenvalue weighted by atomic mass is 79.9. The van der Waals surface area contributed by atoms with Crippen molar-refractivity contribution < 1.29 is 14.6 Å². The van der Waals surface area contributed by atoms with Crippen molar-refractivity contribution in [3.63, 3.8) is 0 Å². The number of methoxy groups -OCH3 is 1. The Kier molecular flexibility index (Phi) is 4.96. The van der Waals surface area contributed by atoms with Gasteiger partial charge in [0.1, 0.15) is 11.8 Å². The number of rotatable bonds is 5. The molecule has 4 nitrogen and oxygen atoms in total. The predicted molar refractivity (Wildman–Crippen MR) is 69.3 cm³/mol. The fourth-order valence-electron chi connectivity index (χ4n) is 1.44. The summed E-state index contributed by atoms with van der Waals surface area (Å²) >= 11 is 3.37. The Morgan fingerprint density at radius 2 is 2.24 bits per heavy atom. The van der Waals surface area contributed by atoms with Crippen molar-refractivity contribution in [2.24, 2.45) is 0 Å². The molecule has 0 aliphatic rings. The van der Waals surface area contributed by atoms with Crippen molar-refractivity contribution in [2.45, 2.75) is 19.5 Å². The van der Waals surface area contributed by atoms with E-state index in [1.54, 1.807) is 26.0 Å². The summed E-state index contributed by atoms with van der Waals surface area (Å²) in [4.78, 5) is 12.6. The Bertz CT molecular complexity index is 409. The lowest BCUT2D eigenvalue weighted by Gasteiger charge is -2.22. The quantitative estimate of drug-likeness (QED) is 0.907. The van der Waals surface area contributed by atoms with Gasteiger partial charge in [0.25, 0.3) is 0 Å². The maximum Gasteiger partial charge on any atom is 0.320 e. The predicted octanol–water partition coefficient (Wildman–Crippen LogP) is 2.36. The summed E-state index contributed by atoms with van der Waals surface area (Å²) in [6, 6.07) is 5.18. The molecule has 0 aliphatic heterocycles. The number of halogens is 1. The fourth-order valence-corrected chi connectivity index (χ4v) is 1.78. The normalized spacial score (nSPS) is 12.5. The van der Waals surface area contributed by atoms with E-state index in [1.165, 1.54) is 0 Å². The molecule has 5 heteroatoms. The monoisotopic (exact) mass is 301 g/mol. The summed E-state index contributed by atoms with van der Waals surface area (Å²) in [6.07, 6.45) is 0. The zero-order valence-corrected chi connectivity index (χ0v) is 11.7. The molecule has 1 rings (SSSR count). The zero-order valence-electron chi connectivity index (χ0n) is 10.1. The van der Waals surface area contributed by atoms with Gasteiger partial charge in [0, 0.05) is 16.6 Å². The maximum atomic E-state index is 10.9. The molecule has 0 fully saturated rings. The first-order chi connectivity index (χ1) is 7.95. The molecule has 0 aliphatic carbocycles. The Morgan fingerprint density at radius 3 is 2.76 bits per heavy atom. The fraction of sp³-hybridized carbons (Fsp3) is 0.417. The Labute approximate surface area is 109 Å². The lowest BCUT2D eigenvalue weighted by Crippen LogP contribution is -2.35. The molecule has 0 saturated heterocycles. The molecule has 0 aromatic heterocycles. The van der Waals surface area contributed by atoms with Crippen LogP contribution in [0.1, 0.15) is 12.5 Å². The van der Waals surface area contributed by atoms with Crippen LogP contribution in [0.25, 0.3) is 0 Å². The van der Waals surface area contributed by atoms with Gasteiger partial charge in [0.15, 0.2) is 0 Å². The van der Waals surface area contributed by atoms with E-state index in [-0.39, 0.29) is 0 Å². The van der Waals surface area contributed by atoms with Crippen molar-refractivity contribution in [3.05, 3.63) is 28.2 Å². The van der Waals surface area contributed by atoms with Gasteiger partial charge in [-0.1, -0.05) is 22.0 Å². The second-order valence-corrected chi connectivity index (χ2v) is 4.80. The van der Waals surface area contributed by atoms with Crippen LogP contribution < -0.4 is 4.74 Å². The standard InChI is InChI=1S/C12H16BrNO3/c1-8(12(15)16)14(2)7-9-4-5-10(13)6-11(9)17-3/h4-6,8H,7H2,1-3H3,(H,15,16). The zero-order chi connectivity index (χ0) is 13.0. The lowest BCUT2D eigenvalue weighted by molar-refractivity contribution is -0.142. The molecule has 94 valence electrons. The van der Waals surface area contributed by atoms with E-state index in [0.29, 0.717) is 6.54 Å². The van der Waals surface area contributed by atoms with Crippen LogP contribution in [-0.4, -0.2) is 36.2 Å². The Morgan fingerprint density at radius 1 is 1.59 bits per heavy atom. The molecule has 0 amide bonds. The average molecular weight is 302 g/mol. The summed E-state index contributed by atoms with van der Waals surface area (Å²) < 4.78 is 6.20. The number of carbonyl (C=O) groups is 1. The van der Waals surface area contributed by atoms with Crippen LogP contribution in [0.4, 0.5) is 0 Å². The second kappa shape index (κ2) is 6.02.